The minimum Gasteiger partial charge on any atom is -0.440 e. The number of furan rings is 1. The fraction of sp³-hybridized carbons (Fsp3) is 0.333. The van der Waals surface area contributed by atoms with E-state index in [0.29, 0.717) is 10.6 Å². The van der Waals surface area contributed by atoms with Crippen LogP contribution in [0.3, 0.4) is 0 Å². The molecule has 3 rings (SSSR count). The first kappa shape index (κ1) is 13.9. The molecule has 5 nitrogen and oxygen atoms in total. The highest BCUT2D eigenvalue weighted by molar-refractivity contribution is 7.12. The summed E-state index contributed by atoms with van der Waals surface area (Å²) in [5.74, 6) is 1.31. The van der Waals surface area contributed by atoms with Gasteiger partial charge < -0.3 is 9.32 Å². The molecule has 0 radical (unpaired) electrons. The Labute approximate surface area is 127 Å². The van der Waals surface area contributed by atoms with Gasteiger partial charge in [-0.25, -0.2) is 5.43 Å². The van der Waals surface area contributed by atoms with Crippen molar-refractivity contribution in [2.75, 3.05) is 18.0 Å². The number of hydrogen-bond acceptors (Lipinski definition) is 5. The lowest BCUT2D eigenvalue weighted by atomic mass is 10.1. The second-order valence-corrected chi connectivity index (χ2v) is 5.85. The lowest BCUT2D eigenvalue weighted by molar-refractivity contribution is 0.0959. The van der Waals surface area contributed by atoms with E-state index in [9.17, 15) is 4.79 Å². The van der Waals surface area contributed by atoms with Crippen LogP contribution in [0.15, 0.2) is 39.2 Å². The Hall–Kier alpha value is -2.08. The van der Waals surface area contributed by atoms with Crippen molar-refractivity contribution in [1.82, 2.24) is 5.43 Å². The molecule has 1 aliphatic rings. The lowest BCUT2D eigenvalue weighted by Crippen LogP contribution is -2.28. The SMILES string of the molecule is O=C(N/N=C\c1ccc(N2CCCCC2)o1)c1cccs1. The Kier molecular flexibility index (Phi) is 4.35. The van der Waals surface area contributed by atoms with E-state index < -0.39 is 0 Å². The third-order valence-electron chi connectivity index (χ3n) is 3.38. The molecule has 1 saturated heterocycles. The molecule has 0 spiro atoms. The highest BCUT2D eigenvalue weighted by Crippen LogP contribution is 2.21. The first-order chi connectivity index (χ1) is 10.3. The molecule has 1 N–H and O–H groups in total. The molecule has 0 saturated carbocycles. The quantitative estimate of drug-likeness (QED) is 0.697. The van der Waals surface area contributed by atoms with Crippen LogP contribution in [0.1, 0.15) is 34.7 Å². The molecule has 0 aliphatic carbocycles. The number of nitrogens with zero attached hydrogens (tertiary/aromatic N) is 2. The average molecular weight is 303 g/mol. The van der Waals surface area contributed by atoms with Crippen LogP contribution < -0.4 is 10.3 Å². The van der Waals surface area contributed by atoms with E-state index in [2.05, 4.69) is 15.4 Å². The van der Waals surface area contributed by atoms with Crippen molar-refractivity contribution in [3.05, 3.63) is 40.3 Å². The van der Waals surface area contributed by atoms with Gasteiger partial charge in [0.05, 0.1) is 11.1 Å². The molecule has 6 heteroatoms. The molecule has 1 amide bonds. The van der Waals surface area contributed by atoms with Crippen molar-refractivity contribution < 1.29 is 9.21 Å². The van der Waals surface area contributed by atoms with Gasteiger partial charge in [-0.3, -0.25) is 4.79 Å². The minimum absolute atomic E-state index is 0.205. The van der Waals surface area contributed by atoms with Crippen molar-refractivity contribution in [2.24, 2.45) is 5.10 Å². The molecule has 2 aromatic rings. The van der Waals surface area contributed by atoms with Crippen molar-refractivity contribution in [2.45, 2.75) is 19.3 Å². The van der Waals surface area contributed by atoms with E-state index in [1.165, 1.54) is 36.8 Å². The van der Waals surface area contributed by atoms with Gasteiger partial charge in [-0.1, -0.05) is 6.07 Å². The number of carbonyl (C=O) groups is 1. The summed E-state index contributed by atoms with van der Waals surface area (Å²) < 4.78 is 5.72. The Balaban J connectivity index is 1.56. The van der Waals surface area contributed by atoms with Gasteiger partial charge in [0.25, 0.3) is 5.91 Å². The smallest absolute Gasteiger partial charge is 0.281 e. The van der Waals surface area contributed by atoms with Crippen molar-refractivity contribution in [1.29, 1.82) is 0 Å². The Morgan fingerprint density at radius 2 is 2.14 bits per heavy atom. The number of nitrogens with one attached hydrogen (secondary N) is 1. The van der Waals surface area contributed by atoms with Crippen molar-refractivity contribution in [3.8, 4) is 0 Å². The molecule has 0 unspecified atom stereocenters. The van der Waals surface area contributed by atoms with Gasteiger partial charge in [0.2, 0.25) is 0 Å². The normalized spacial score (nSPS) is 15.5. The van der Waals surface area contributed by atoms with Crippen LogP contribution in [0.4, 0.5) is 5.88 Å². The zero-order valence-corrected chi connectivity index (χ0v) is 12.4. The third-order valence-corrected chi connectivity index (χ3v) is 4.25. The van der Waals surface area contributed by atoms with E-state index >= 15 is 0 Å². The van der Waals surface area contributed by atoms with Gasteiger partial charge in [0.15, 0.2) is 5.88 Å². The molecule has 0 atom stereocenters. The maximum absolute atomic E-state index is 11.7. The van der Waals surface area contributed by atoms with Crippen LogP contribution in [0, 0.1) is 0 Å². The van der Waals surface area contributed by atoms with Crippen molar-refractivity contribution in [3.63, 3.8) is 0 Å². The summed E-state index contributed by atoms with van der Waals surface area (Å²) in [7, 11) is 0. The van der Waals surface area contributed by atoms with Crippen LogP contribution >= 0.6 is 11.3 Å². The first-order valence-electron chi connectivity index (χ1n) is 7.04. The Morgan fingerprint density at radius 3 is 2.90 bits per heavy atom. The predicted molar refractivity (Wildman–Crippen MR) is 84.2 cm³/mol. The molecule has 1 aliphatic heterocycles. The summed E-state index contributed by atoms with van der Waals surface area (Å²) in [5.41, 5.74) is 2.49. The van der Waals surface area contributed by atoms with E-state index in [-0.39, 0.29) is 5.91 Å². The summed E-state index contributed by atoms with van der Waals surface area (Å²) in [5, 5.41) is 5.78. The monoisotopic (exact) mass is 303 g/mol. The van der Waals surface area contributed by atoms with Gasteiger partial charge >= 0.3 is 0 Å². The number of carbonyl (C=O) groups excluding carboxylic acids is 1. The summed E-state index contributed by atoms with van der Waals surface area (Å²) in [6.45, 7) is 2.08. The fourth-order valence-corrected chi connectivity index (χ4v) is 2.93. The molecule has 21 heavy (non-hydrogen) atoms. The molecule has 3 heterocycles. The van der Waals surface area contributed by atoms with Crippen LogP contribution in [0.2, 0.25) is 0 Å². The van der Waals surface area contributed by atoms with E-state index in [1.54, 1.807) is 6.07 Å². The van der Waals surface area contributed by atoms with E-state index in [1.807, 2.05) is 23.6 Å². The number of anilines is 1. The third kappa shape index (κ3) is 3.52. The van der Waals surface area contributed by atoms with Crippen LogP contribution in [-0.2, 0) is 0 Å². The fourth-order valence-electron chi connectivity index (χ4n) is 2.31. The lowest BCUT2D eigenvalue weighted by Gasteiger charge is -2.25. The van der Waals surface area contributed by atoms with Crippen LogP contribution in [-0.4, -0.2) is 25.2 Å². The second kappa shape index (κ2) is 6.58. The summed E-state index contributed by atoms with van der Waals surface area (Å²) in [6, 6.07) is 7.41. The zero-order valence-electron chi connectivity index (χ0n) is 11.6. The highest BCUT2D eigenvalue weighted by Gasteiger charge is 2.13. The maximum atomic E-state index is 11.7. The first-order valence-corrected chi connectivity index (χ1v) is 7.92. The van der Waals surface area contributed by atoms with E-state index in [0.717, 1.165) is 19.0 Å². The predicted octanol–water partition coefficient (Wildman–Crippen LogP) is 3.10. The van der Waals surface area contributed by atoms with Gasteiger partial charge in [0, 0.05) is 19.2 Å². The Bertz CT molecular complexity index is 613. The number of piperidine rings is 1. The Morgan fingerprint density at radius 1 is 1.29 bits per heavy atom. The molecular formula is C15H17N3O2S. The van der Waals surface area contributed by atoms with Gasteiger partial charge in [-0.2, -0.15) is 5.10 Å². The van der Waals surface area contributed by atoms with Crippen LogP contribution in [0.25, 0.3) is 0 Å². The summed E-state index contributed by atoms with van der Waals surface area (Å²) >= 11 is 1.38. The molecule has 0 bridgehead atoms. The van der Waals surface area contributed by atoms with Gasteiger partial charge in [-0.05, 0) is 36.8 Å². The molecule has 1 fully saturated rings. The molecular weight excluding hydrogens is 286 g/mol. The van der Waals surface area contributed by atoms with Gasteiger partial charge in [-0.15, -0.1) is 11.3 Å². The number of hydrazone groups is 1. The minimum atomic E-state index is -0.205. The summed E-state index contributed by atoms with van der Waals surface area (Å²) in [4.78, 5) is 14.6. The largest absolute Gasteiger partial charge is 0.440 e. The topological polar surface area (TPSA) is 57.8 Å². The van der Waals surface area contributed by atoms with Crippen molar-refractivity contribution >= 4 is 29.3 Å². The van der Waals surface area contributed by atoms with Gasteiger partial charge in [0.1, 0.15) is 5.76 Å². The van der Waals surface area contributed by atoms with E-state index in [4.69, 9.17) is 4.42 Å². The number of rotatable bonds is 4. The molecule has 0 aromatic carbocycles. The number of amides is 1. The second-order valence-electron chi connectivity index (χ2n) is 4.90. The number of hydrogen-bond donors (Lipinski definition) is 1. The summed E-state index contributed by atoms with van der Waals surface area (Å²) in [6.07, 6.45) is 5.24. The molecule has 110 valence electrons. The maximum Gasteiger partial charge on any atom is 0.281 e. The standard InChI is InChI=1S/C15H17N3O2S/c19-15(13-5-4-10-21-13)17-16-11-12-6-7-14(20-12)18-8-2-1-3-9-18/h4-7,10-11H,1-3,8-9H2,(H,17,19)/b16-11-. The average Bonchev–Trinajstić information content (AvgIpc) is 3.20. The molecule has 2 aromatic heterocycles. The zero-order chi connectivity index (χ0) is 14.5. The highest BCUT2D eigenvalue weighted by atomic mass is 32.1. The number of thiophene rings is 1. The van der Waals surface area contributed by atoms with Crippen LogP contribution in [0.5, 0.6) is 0 Å².